The lowest BCUT2D eigenvalue weighted by Gasteiger charge is -2.45. The fourth-order valence-electron chi connectivity index (χ4n) is 4.40. The monoisotopic (exact) mass is 348 g/mol. The van der Waals surface area contributed by atoms with Gasteiger partial charge in [-0.1, -0.05) is 0 Å². The van der Waals surface area contributed by atoms with Crippen LogP contribution < -0.4 is 0 Å². The van der Waals surface area contributed by atoms with E-state index in [2.05, 4.69) is 16.2 Å². The van der Waals surface area contributed by atoms with E-state index in [9.17, 15) is 4.79 Å². The predicted octanol–water partition coefficient (Wildman–Crippen LogP) is 1.20. The summed E-state index contributed by atoms with van der Waals surface area (Å²) in [4.78, 5) is 21.0. The molecule has 0 aromatic carbocycles. The predicted molar refractivity (Wildman–Crippen MR) is 91.3 cm³/mol. The summed E-state index contributed by atoms with van der Waals surface area (Å²) in [5, 5.41) is 5.88. The van der Waals surface area contributed by atoms with Gasteiger partial charge in [-0.2, -0.15) is 5.10 Å². The number of rotatable bonds is 3. The van der Waals surface area contributed by atoms with Crippen LogP contribution in [0.3, 0.4) is 0 Å². The van der Waals surface area contributed by atoms with Gasteiger partial charge in [0.1, 0.15) is 0 Å². The highest BCUT2D eigenvalue weighted by atomic mass is 16.7. The Balaban J connectivity index is 1.43. The van der Waals surface area contributed by atoms with Crippen molar-refractivity contribution in [2.75, 3.05) is 32.8 Å². The van der Waals surface area contributed by atoms with Crippen molar-refractivity contribution < 1.29 is 14.4 Å². The minimum Gasteiger partial charge on any atom is -0.378 e. The van der Waals surface area contributed by atoms with Gasteiger partial charge in [-0.15, -0.1) is 0 Å². The Kier molecular flexibility index (Phi) is 5.05. The topological polar surface area (TPSA) is 59.8 Å². The molecule has 0 aliphatic carbocycles. The number of hydrogen-bond acceptors (Lipinski definition) is 5. The number of piperidine rings is 1. The molecule has 1 amide bonds. The smallest absolute Gasteiger partial charge is 0.249 e. The molecule has 4 rings (SSSR count). The van der Waals surface area contributed by atoms with Gasteiger partial charge in [0.25, 0.3) is 0 Å². The maximum Gasteiger partial charge on any atom is 0.249 e. The van der Waals surface area contributed by atoms with E-state index in [1.165, 1.54) is 5.56 Å². The highest BCUT2D eigenvalue weighted by Gasteiger charge is 2.43. The van der Waals surface area contributed by atoms with E-state index in [0.29, 0.717) is 13.2 Å². The summed E-state index contributed by atoms with van der Waals surface area (Å²) >= 11 is 0. The van der Waals surface area contributed by atoms with Gasteiger partial charge in [-0.3, -0.25) is 19.2 Å². The molecule has 7 heteroatoms. The molecule has 3 aliphatic rings. The molecule has 4 heterocycles. The van der Waals surface area contributed by atoms with Gasteiger partial charge in [-0.05, 0) is 25.7 Å². The molecule has 0 radical (unpaired) electrons. The van der Waals surface area contributed by atoms with Crippen LogP contribution in [0.15, 0.2) is 12.4 Å². The SMILES string of the molecule is Cn1cc(CN2CC[C@H]3OCC[C@@H](C(=O)N4CCCCO4)[C@@H]3C2)cn1. The molecule has 3 aliphatic heterocycles. The summed E-state index contributed by atoms with van der Waals surface area (Å²) in [6, 6.07) is 0. The van der Waals surface area contributed by atoms with Crippen LogP contribution in [0.5, 0.6) is 0 Å². The first-order chi connectivity index (χ1) is 12.2. The van der Waals surface area contributed by atoms with Crippen molar-refractivity contribution in [2.24, 2.45) is 18.9 Å². The molecule has 1 aromatic heterocycles. The van der Waals surface area contributed by atoms with Crippen molar-refractivity contribution >= 4 is 5.91 Å². The van der Waals surface area contributed by atoms with Crippen LogP contribution in [0.4, 0.5) is 0 Å². The Morgan fingerprint density at radius 3 is 2.96 bits per heavy atom. The number of aryl methyl sites for hydroxylation is 1. The van der Waals surface area contributed by atoms with Gasteiger partial charge < -0.3 is 4.74 Å². The number of nitrogens with zero attached hydrogens (tertiary/aromatic N) is 4. The molecule has 138 valence electrons. The van der Waals surface area contributed by atoms with Crippen LogP contribution in [0, 0.1) is 11.8 Å². The first kappa shape index (κ1) is 17.0. The highest BCUT2D eigenvalue weighted by Crippen LogP contribution is 2.35. The second-order valence-corrected chi connectivity index (χ2v) is 7.49. The molecule has 0 unspecified atom stereocenters. The van der Waals surface area contributed by atoms with E-state index < -0.39 is 0 Å². The molecular weight excluding hydrogens is 320 g/mol. The Labute approximate surface area is 148 Å². The molecule has 7 nitrogen and oxygen atoms in total. The summed E-state index contributed by atoms with van der Waals surface area (Å²) in [7, 11) is 1.94. The number of carbonyl (C=O) groups excluding carboxylic acids is 1. The third-order valence-electron chi connectivity index (χ3n) is 5.68. The summed E-state index contributed by atoms with van der Waals surface area (Å²) in [6.07, 6.45) is 8.08. The summed E-state index contributed by atoms with van der Waals surface area (Å²) in [6.45, 7) is 4.89. The fourth-order valence-corrected chi connectivity index (χ4v) is 4.40. The summed E-state index contributed by atoms with van der Waals surface area (Å²) < 4.78 is 7.84. The molecule has 3 fully saturated rings. The first-order valence-corrected chi connectivity index (χ1v) is 9.46. The Morgan fingerprint density at radius 2 is 2.20 bits per heavy atom. The molecule has 0 saturated carbocycles. The number of carbonyl (C=O) groups is 1. The fraction of sp³-hybridized carbons (Fsp3) is 0.778. The van der Waals surface area contributed by atoms with Crippen LogP contribution in [-0.4, -0.2) is 64.6 Å². The lowest BCUT2D eigenvalue weighted by atomic mass is 9.78. The zero-order valence-corrected chi connectivity index (χ0v) is 15.0. The van der Waals surface area contributed by atoms with Crippen molar-refractivity contribution in [1.82, 2.24) is 19.7 Å². The molecule has 3 saturated heterocycles. The number of hydroxylamine groups is 2. The van der Waals surface area contributed by atoms with Crippen LogP contribution in [0.2, 0.25) is 0 Å². The minimum absolute atomic E-state index is 0.0218. The molecule has 3 atom stereocenters. The largest absolute Gasteiger partial charge is 0.378 e. The first-order valence-electron chi connectivity index (χ1n) is 9.46. The van der Waals surface area contributed by atoms with Gasteiger partial charge in [-0.25, -0.2) is 5.06 Å². The molecule has 0 bridgehead atoms. The van der Waals surface area contributed by atoms with Crippen LogP contribution in [0.25, 0.3) is 0 Å². The van der Waals surface area contributed by atoms with Crippen molar-refractivity contribution in [1.29, 1.82) is 0 Å². The van der Waals surface area contributed by atoms with E-state index in [0.717, 1.165) is 51.9 Å². The minimum atomic E-state index is 0.0218. The number of hydrogen-bond donors (Lipinski definition) is 0. The lowest BCUT2D eigenvalue weighted by Crippen LogP contribution is -2.54. The van der Waals surface area contributed by atoms with Gasteiger partial charge in [0.15, 0.2) is 0 Å². The number of amides is 1. The zero-order valence-electron chi connectivity index (χ0n) is 15.0. The van der Waals surface area contributed by atoms with E-state index >= 15 is 0 Å². The van der Waals surface area contributed by atoms with Crippen LogP contribution >= 0.6 is 0 Å². The zero-order chi connectivity index (χ0) is 17.2. The van der Waals surface area contributed by atoms with Gasteiger partial charge in [0.2, 0.25) is 5.91 Å². The summed E-state index contributed by atoms with van der Waals surface area (Å²) in [5.74, 6) is 0.451. The molecule has 25 heavy (non-hydrogen) atoms. The van der Waals surface area contributed by atoms with Crippen molar-refractivity contribution in [2.45, 2.75) is 38.3 Å². The molecule has 1 aromatic rings. The molecular formula is C18H28N4O3. The van der Waals surface area contributed by atoms with Crippen LogP contribution in [-0.2, 0) is 28.0 Å². The van der Waals surface area contributed by atoms with Gasteiger partial charge in [0.05, 0.1) is 18.9 Å². The average molecular weight is 348 g/mol. The van der Waals surface area contributed by atoms with Gasteiger partial charge in [0, 0.05) is 63.4 Å². The number of likely N-dealkylation sites (tertiary alicyclic amines) is 1. The van der Waals surface area contributed by atoms with Gasteiger partial charge >= 0.3 is 0 Å². The number of fused-ring (bicyclic) bond motifs is 1. The second kappa shape index (κ2) is 7.43. The molecule has 0 N–H and O–H groups in total. The maximum absolute atomic E-state index is 13.0. The van der Waals surface area contributed by atoms with E-state index in [1.54, 1.807) is 5.06 Å². The Hall–Kier alpha value is -1.44. The second-order valence-electron chi connectivity index (χ2n) is 7.49. The van der Waals surface area contributed by atoms with E-state index in [1.807, 2.05) is 17.9 Å². The normalized spacial score (nSPS) is 30.9. The third kappa shape index (κ3) is 3.73. The van der Waals surface area contributed by atoms with E-state index in [-0.39, 0.29) is 23.8 Å². The average Bonchev–Trinajstić information content (AvgIpc) is 3.06. The van der Waals surface area contributed by atoms with Crippen LogP contribution in [0.1, 0.15) is 31.2 Å². The van der Waals surface area contributed by atoms with Crippen molar-refractivity contribution in [3.05, 3.63) is 18.0 Å². The Bertz CT molecular complexity index is 599. The Morgan fingerprint density at radius 1 is 1.28 bits per heavy atom. The highest BCUT2D eigenvalue weighted by molar-refractivity contribution is 5.78. The summed E-state index contributed by atoms with van der Waals surface area (Å²) in [5.41, 5.74) is 1.22. The maximum atomic E-state index is 13.0. The van der Waals surface area contributed by atoms with Crippen molar-refractivity contribution in [3.63, 3.8) is 0 Å². The standard InChI is InChI=1S/C18H28N4O3/c1-20-11-14(10-19-20)12-21-7-4-17-16(13-21)15(5-9-24-17)18(23)22-6-2-3-8-25-22/h10-11,15-17H,2-9,12-13H2,1H3/t15-,16+,17-/m1/s1. The van der Waals surface area contributed by atoms with E-state index in [4.69, 9.17) is 9.57 Å². The molecule has 0 spiro atoms. The third-order valence-corrected chi connectivity index (χ3v) is 5.68. The quantitative estimate of drug-likeness (QED) is 0.821. The van der Waals surface area contributed by atoms with Crippen molar-refractivity contribution in [3.8, 4) is 0 Å². The lowest BCUT2D eigenvalue weighted by molar-refractivity contribution is -0.209. The number of ether oxygens (including phenoxy) is 1. The number of aromatic nitrogens is 2.